The molecule has 6 heteroatoms. The molecule has 0 spiro atoms. The van der Waals surface area contributed by atoms with E-state index >= 15 is 0 Å². The van der Waals surface area contributed by atoms with E-state index < -0.39 is 5.41 Å². The van der Waals surface area contributed by atoms with E-state index in [0.29, 0.717) is 11.3 Å². The minimum atomic E-state index is -0.576. The Morgan fingerprint density at radius 3 is 1.68 bits per heavy atom. The summed E-state index contributed by atoms with van der Waals surface area (Å²) in [6.07, 6.45) is 0. The number of aromatic nitrogens is 4. The third kappa shape index (κ3) is 4.80. The summed E-state index contributed by atoms with van der Waals surface area (Å²) in [5, 5.41) is 19.7. The smallest absolute Gasteiger partial charge is 0.189 e. The maximum Gasteiger partial charge on any atom is 0.189 e. The lowest BCUT2D eigenvalue weighted by Gasteiger charge is -2.19. The summed E-state index contributed by atoms with van der Waals surface area (Å²) in [4.78, 5) is 3.62. The average molecular weight is 531 g/mol. The first-order valence-electron chi connectivity index (χ1n) is 13.3. The Bertz CT molecular complexity index is 1790. The van der Waals surface area contributed by atoms with Crippen molar-refractivity contribution in [3.8, 4) is 40.0 Å². The molecule has 0 N–H and O–H groups in total. The van der Waals surface area contributed by atoms with Gasteiger partial charge >= 0.3 is 0 Å². The molecule has 6 rings (SSSR count). The highest BCUT2D eigenvalue weighted by Crippen LogP contribution is 2.37. The van der Waals surface area contributed by atoms with Gasteiger partial charge in [-0.1, -0.05) is 78.9 Å². The Hall–Kier alpha value is -5.72. The first kappa shape index (κ1) is 25.6. The second-order valence-electron chi connectivity index (χ2n) is 10.3. The van der Waals surface area contributed by atoms with Crippen molar-refractivity contribution in [3.05, 3.63) is 150 Å². The molecule has 0 aliphatic rings. The van der Waals surface area contributed by atoms with E-state index in [1.807, 2.05) is 82.2 Å². The van der Waals surface area contributed by atoms with Crippen LogP contribution in [0.5, 0.6) is 0 Å². The van der Waals surface area contributed by atoms with E-state index in [9.17, 15) is 5.26 Å². The average Bonchev–Trinajstić information content (AvgIpc) is 3.69. The minimum Gasteiger partial charge on any atom is -0.238 e. The van der Waals surface area contributed by atoms with Crippen molar-refractivity contribution in [1.29, 1.82) is 5.26 Å². The molecule has 196 valence electrons. The van der Waals surface area contributed by atoms with Crippen molar-refractivity contribution in [3.63, 3.8) is 0 Å². The summed E-state index contributed by atoms with van der Waals surface area (Å²) in [5.74, 6) is 0. The molecule has 41 heavy (non-hydrogen) atoms. The first-order chi connectivity index (χ1) is 20.0. The molecule has 0 atom stereocenters. The Labute approximate surface area is 239 Å². The molecule has 4 aromatic carbocycles. The van der Waals surface area contributed by atoms with Crippen molar-refractivity contribution in [1.82, 2.24) is 19.6 Å². The number of nitriles is 1. The van der Waals surface area contributed by atoms with Crippen LogP contribution in [0, 0.1) is 17.9 Å². The van der Waals surface area contributed by atoms with Gasteiger partial charge in [0.05, 0.1) is 57.8 Å². The zero-order valence-electron chi connectivity index (χ0n) is 22.7. The van der Waals surface area contributed by atoms with Crippen LogP contribution in [0.1, 0.15) is 30.8 Å². The van der Waals surface area contributed by atoms with Gasteiger partial charge in [-0.2, -0.15) is 15.5 Å². The fourth-order valence-electron chi connectivity index (χ4n) is 4.93. The van der Waals surface area contributed by atoms with Crippen LogP contribution in [0.15, 0.2) is 121 Å². The second-order valence-corrected chi connectivity index (χ2v) is 10.3. The van der Waals surface area contributed by atoms with Gasteiger partial charge in [0.25, 0.3) is 0 Å². The predicted octanol–water partition coefficient (Wildman–Crippen LogP) is 8.14. The quantitative estimate of drug-likeness (QED) is 0.204. The number of rotatable bonds is 6. The van der Waals surface area contributed by atoms with Crippen LogP contribution >= 0.6 is 0 Å². The van der Waals surface area contributed by atoms with E-state index in [0.717, 1.165) is 45.3 Å². The number of nitrogens with zero attached hydrogens (tertiary/aromatic N) is 6. The van der Waals surface area contributed by atoms with Gasteiger partial charge in [-0.25, -0.2) is 14.2 Å². The van der Waals surface area contributed by atoms with Crippen molar-refractivity contribution >= 4 is 5.69 Å². The van der Waals surface area contributed by atoms with E-state index in [2.05, 4.69) is 61.2 Å². The Kier molecular flexibility index (Phi) is 6.51. The summed E-state index contributed by atoms with van der Waals surface area (Å²) in [5.41, 5.74) is 7.80. The number of hydrogen-bond acceptors (Lipinski definition) is 3. The topological polar surface area (TPSA) is 63.8 Å². The maximum absolute atomic E-state index is 9.52. The Balaban J connectivity index is 1.53. The summed E-state index contributed by atoms with van der Waals surface area (Å²) < 4.78 is 3.81. The highest BCUT2D eigenvalue weighted by atomic mass is 15.3. The summed E-state index contributed by atoms with van der Waals surface area (Å²) in [7, 11) is 0. The molecule has 2 heterocycles. The first-order valence-corrected chi connectivity index (χ1v) is 13.3. The molecule has 0 aliphatic heterocycles. The molecule has 6 aromatic rings. The van der Waals surface area contributed by atoms with Crippen molar-refractivity contribution in [2.24, 2.45) is 0 Å². The van der Waals surface area contributed by atoms with Crippen molar-refractivity contribution in [2.45, 2.75) is 19.3 Å². The predicted molar refractivity (Wildman–Crippen MR) is 161 cm³/mol. The zero-order chi connectivity index (χ0) is 28.4. The lowest BCUT2D eigenvalue weighted by Crippen LogP contribution is -2.21. The summed E-state index contributed by atoms with van der Waals surface area (Å²) in [6, 6.07) is 41.7. The van der Waals surface area contributed by atoms with Crippen LogP contribution in [0.25, 0.3) is 38.7 Å². The Morgan fingerprint density at radius 1 is 0.659 bits per heavy atom. The summed E-state index contributed by atoms with van der Waals surface area (Å²) in [6.45, 7) is 11.7. The molecule has 0 aliphatic carbocycles. The monoisotopic (exact) mass is 530 g/mol. The third-order valence-electron chi connectivity index (χ3n) is 7.26. The maximum atomic E-state index is 9.52. The molecule has 0 fully saturated rings. The SMILES string of the molecule is [C-]#[N+]c1cccc(-n2nc(C(C)(C)c3cc(-c4ccccc4)n(-c4cccc(C#N)c4)n3)cc2-c2ccccc2)c1. The fourth-order valence-corrected chi connectivity index (χ4v) is 4.93. The lowest BCUT2D eigenvalue weighted by molar-refractivity contribution is 0.577. The molecule has 0 radical (unpaired) electrons. The molecule has 0 saturated carbocycles. The lowest BCUT2D eigenvalue weighted by atomic mass is 9.85. The van der Waals surface area contributed by atoms with E-state index in [-0.39, 0.29) is 0 Å². The highest BCUT2D eigenvalue weighted by molar-refractivity contribution is 5.66. The molecule has 0 amide bonds. The summed E-state index contributed by atoms with van der Waals surface area (Å²) >= 11 is 0. The van der Waals surface area contributed by atoms with Gasteiger partial charge < -0.3 is 0 Å². The van der Waals surface area contributed by atoms with Crippen LogP contribution in [-0.4, -0.2) is 19.6 Å². The van der Waals surface area contributed by atoms with Gasteiger partial charge in [0, 0.05) is 11.1 Å². The normalized spacial score (nSPS) is 11.1. The molecule has 0 saturated heterocycles. The van der Waals surface area contributed by atoms with Gasteiger partial charge in [-0.3, -0.25) is 0 Å². The molecule has 0 bridgehead atoms. The highest BCUT2D eigenvalue weighted by Gasteiger charge is 2.32. The number of benzene rings is 4. The largest absolute Gasteiger partial charge is 0.238 e. The molecular formula is C35H26N6. The van der Waals surface area contributed by atoms with Crippen molar-refractivity contribution in [2.75, 3.05) is 0 Å². The van der Waals surface area contributed by atoms with Crippen LogP contribution in [-0.2, 0) is 5.41 Å². The molecular weight excluding hydrogens is 504 g/mol. The fraction of sp³-hybridized carbons (Fsp3) is 0.0857. The van der Waals surface area contributed by atoms with Crippen LogP contribution in [0.3, 0.4) is 0 Å². The molecule has 6 nitrogen and oxygen atoms in total. The number of hydrogen-bond donors (Lipinski definition) is 0. The van der Waals surface area contributed by atoms with Gasteiger partial charge in [-0.15, -0.1) is 0 Å². The van der Waals surface area contributed by atoms with Crippen LogP contribution < -0.4 is 0 Å². The van der Waals surface area contributed by atoms with E-state index in [4.69, 9.17) is 16.8 Å². The standard InChI is InChI=1S/C35H26N6/c1-35(2,33-22-31(26-13-6-4-7-14-26)40(38-33)29-18-10-12-25(20-29)24-36)34-23-32(27-15-8-5-9-16-27)41(39-34)30-19-11-17-28(21-30)37-3/h4-23H,1-2H3. The van der Waals surface area contributed by atoms with E-state index in [1.165, 1.54) is 0 Å². The van der Waals surface area contributed by atoms with Crippen LogP contribution in [0.2, 0.25) is 0 Å². The molecule has 2 aromatic heterocycles. The Morgan fingerprint density at radius 2 is 1.17 bits per heavy atom. The minimum absolute atomic E-state index is 0.559. The van der Waals surface area contributed by atoms with Crippen molar-refractivity contribution < 1.29 is 0 Å². The van der Waals surface area contributed by atoms with Gasteiger partial charge in [0.2, 0.25) is 0 Å². The van der Waals surface area contributed by atoms with Crippen LogP contribution in [0.4, 0.5) is 5.69 Å². The van der Waals surface area contributed by atoms with Gasteiger partial charge in [0.15, 0.2) is 5.69 Å². The molecule has 0 unspecified atom stereocenters. The second kappa shape index (κ2) is 10.4. The third-order valence-corrected chi connectivity index (χ3v) is 7.26. The van der Waals surface area contributed by atoms with Gasteiger partial charge in [0.1, 0.15) is 0 Å². The van der Waals surface area contributed by atoms with E-state index in [1.54, 1.807) is 12.1 Å². The zero-order valence-corrected chi connectivity index (χ0v) is 22.7. The van der Waals surface area contributed by atoms with Gasteiger partial charge in [-0.05, 0) is 56.3 Å².